The van der Waals surface area contributed by atoms with Gasteiger partial charge in [-0.3, -0.25) is 4.79 Å². The molecule has 118 valence electrons. The van der Waals surface area contributed by atoms with Gasteiger partial charge in [-0.25, -0.2) is 4.98 Å². The highest BCUT2D eigenvalue weighted by Crippen LogP contribution is 2.06. The second-order valence-electron chi connectivity index (χ2n) is 5.46. The highest BCUT2D eigenvalue weighted by molar-refractivity contribution is 5.94. The van der Waals surface area contributed by atoms with Crippen molar-refractivity contribution in [2.24, 2.45) is 0 Å². The van der Waals surface area contributed by atoms with Crippen LogP contribution in [0.15, 0.2) is 43.0 Å². The van der Waals surface area contributed by atoms with Crippen molar-refractivity contribution in [3.8, 4) is 0 Å². The summed E-state index contributed by atoms with van der Waals surface area (Å²) < 4.78 is 7.43. The van der Waals surface area contributed by atoms with Gasteiger partial charge in [0.15, 0.2) is 0 Å². The summed E-state index contributed by atoms with van der Waals surface area (Å²) in [5.41, 5.74) is 1.82. The molecule has 0 unspecified atom stereocenters. The molecule has 2 aromatic rings. The summed E-state index contributed by atoms with van der Waals surface area (Å²) >= 11 is 0. The maximum atomic E-state index is 12.0. The number of nitrogens with zero attached hydrogens (tertiary/aromatic N) is 2. The number of amides is 1. The van der Waals surface area contributed by atoms with Gasteiger partial charge in [0.1, 0.15) is 0 Å². The van der Waals surface area contributed by atoms with Gasteiger partial charge in [-0.05, 0) is 38.0 Å². The Morgan fingerprint density at radius 2 is 2.09 bits per heavy atom. The van der Waals surface area contributed by atoms with Gasteiger partial charge in [-0.15, -0.1) is 0 Å². The molecule has 0 aliphatic carbocycles. The van der Waals surface area contributed by atoms with Gasteiger partial charge in [-0.2, -0.15) is 0 Å². The summed E-state index contributed by atoms with van der Waals surface area (Å²) in [4.78, 5) is 16.0. The molecule has 0 bridgehead atoms. The minimum absolute atomic E-state index is 0.0428. The first-order valence-corrected chi connectivity index (χ1v) is 7.59. The predicted molar refractivity (Wildman–Crippen MR) is 85.8 cm³/mol. The second-order valence-corrected chi connectivity index (χ2v) is 5.46. The molecule has 1 N–H and O–H groups in total. The average molecular weight is 301 g/mol. The molecular formula is C17H23N3O2. The van der Waals surface area contributed by atoms with Crippen LogP contribution in [0, 0.1) is 0 Å². The lowest BCUT2D eigenvalue weighted by Crippen LogP contribution is -2.25. The van der Waals surface area contributed by atoms with Crippen LogP contribution in [-0.4, -0.2) is 34.7 Å². The number of hydrogen-bond donors (Lipinski definition) is 1. The number of imidazole rings is 1. The van der Waals surface area contributed by atoms with E-state index in [9.17, 15) is 4.79 Å². The first-order valence-electron chi connectivity index (χ1n) is 7.59. The van der Waals surface area contributed by atoms with E-state index in [0.29, 0.717) is 18.7 Å². The van der Waals surface area contributed by atoms with Crippen LogP contribution in [0.3, 0.4) is 0 Å². The molecule has 5 nitrogen and oxygen atoms in total. The number of rotatable bonds is 8. The molecule has 1 amide bonds. The Morgan fingerprint density at radius 3 is 2.73 bits per heavy atom. The first-order chi connectivity index (χ1) is 10.6. The van der Waals surface area contributed by atoms with Crippen LogP contribution >= 0.6 is 0 Å². The van der Waals surface area contributed by atoms with Crippen molar-refractivity contribution in [1.82, 2.24) is 14.9 Å². The third-order valence-corrected chi connectivity index (χ3v) is 3.20. The Kier molecular flexibility index (Phi) is 6.15. The third-order valence-electron chi connectivity index (χ3n) is 3.20. The molecular weight excluding hydrogens is 278 g/mol. The molecule has 0 aliphatic rings. The standard InChI is InChI=1S/C17H23N3O2/c1-14(2)22-11-3-8-19-17(21)16-6-4-15(5-7-16)12-20-10-9-18-13-20/h4-7,9-10,13-14H,3,8,11-12H2,1-2H3,(H,19,21). The molecule has 0 atom stereocenters. The number of nitrogens with one attached hydrogen (secondary N) is 1. The molecule has 2 rings (SSSR count). The highest BCUT2D eigenvalue weighted by atomic mass is 16.5. The maximum absolute atomic E-state index is 12.0. The number of hydrogen-bond acceptors (Lipinski definition) is 3. The lowest BCUT2D eigenvalue weighted by molar-refractivity contribution is 0.0757. The summed E-state index contributed by atoms with van der Waals surface area (Å²) in [7, 11) is 0. The van der Waals surface area contributed by atoms with Gasteiger partial charge >= 0.3 is 0 Å². The lowest BCUT2D eigenvalue weighted by Gasteiger charge is -2.09. The van der Waals surface area contributed by atoms with Crippen LogP contribution in [0.5, 0.6) is 0 Å². The zero-order valence-corrected chi connectivity index (χ0v) is 13.2. The van der Waals surface area contributed by atoms with Gasteiger partial charge in [0, 0.05) is 37.7 Å². The van der Waals surface area contributed by atoms with Crippen molar-refractivity contribution in [3.63, 3.8) is 0 Å². The minimum Gasteiger partial charge on any atom is -0.379 e. The van der Waals surface area contributed by atoms with E-state index in [1.54, 1.807) is 12.5 Å². The zero-order valence-electron chi connectivity index (χ0n) is 13.2. The topological polar surface area (TPSA) is 56.1 Å². The fourth-order valence-electron chi connectivity index (χ4n) is 2.05. The van der Waals surface area contributed by atoms with Crippen molar-refractivity contribution >= 4 is 5.91 Å². The summed E-state index contributed by atoms with van der Waals surface area (Å²) in [5, 5.41) is 2.90. The van der Waals surface area contributed by atoms with E-state index < -0.39 is 0 Å². The van der Waals surface area contributed by atoms with E-state index in [0.717, 1.165) is 18.5 Å². The van der Waals surface area contributed by atoms with E-state index in [1.165, 1.54) is 0 Å². The molecule has 0 aliphatic heterocycles. The molecule has 0 spiro atoms. The van der Waals surface area contributed by atoms with Gasteiger partial charge in [0.05, 0.1) is 12.4 Å². The molecule has 1 aromatic heterocycles. The Balaban J connectivity index is 1.76. The van der Waals surface area contributed by atoms with Crippen LogP contribution in [-0.2, 0) is 11.3 Å². The smallest absolute Gasteiger partial charge is 0.251 e. The van der Waals surface area contributed by atoms with Crippen LogP contribution in [0.1, 0.15) is 36.2 Å². The average Bonchev–Trinajstić information content (AvgIpc) is 3.00. The van der Waals surface area contributed by atoms with Crippen LogP contribution in [0.4, 0.5) is 0 Å². The van der Waals surface area contributed by atoms with E-state index >= 15 is 0 Å². The third kappa shape index (κ3) is 5.33. The van der Waals surface area contributed by atoms with E-state index in [2.05, 4.69) is 10.3 Å². The molecule has 1 heterocycles. The largest absolute Gasteiger partial charge is 0.379 e. The molecule has 22 heavy (non-hydrogen) atoms. The van der Waals surface area contributed by atoms with Crippen LogP contribution in [0.2, 0.25) is 0 Å². The quantitative estimate of drug-likeness (QED) is 0.762. The van der Waals surface area contributed by atoms with Crippen molar-refractivity contribution in [3.05, 3.63) is 54.1 Å². The Hall–Kier alpha value is -2.14. The van der Waals surface area contributed by atoms with Gasteiger partial charge in [-0.1, -0.05) is 12.1 Å². The normalized spacial score (nSPS) is 10.9. The van der Waals surface area contributed by atoms with Crippen molar-refractivity contribution < 1.29 is 9.53 Å². The van der Waals surface area contributed by atoms with Crippen molar-refractivity contribution in [1.29, 1.82) is 0 Å². The summed E-state index contributed by atoms with van der Waals surface area (Å²) in [5.74, 6) is -0.0428. The summed E-state index contributed by atoms with van der Waals surface area (Å²) in [6.45, 7) is 6.06. The van der Waals surface area contributed by atoms with Crippen LogP contribution in [0.25, 0.3) is 0 Å². The molecule has 0 fully saturated rings. The van der Waals surface area contributed by atoms with Gasteiger partial charge < -0.3 is 14.6 Å². The number of ether oxygens (including phenoxy) is 1. The number of carbonyl (C=O) groups excluding carboxylic acids is 1. The SMILES string of the molecule is CC(C)OCCCNC(=O)c1ccc(Cn2ccnc2)cc1. The number of aromatic nitrogens is 2. The minimum atomic E-state index is -0.0428. The first kappa shape index (κ1) is 16.2. The Labute approximate surface area is 131 Å². The summed E-state index contributed by atoms with van der Waals surface area (Å²) in [6, 6.07) is 7.64. The number of carbonyl (C=O) groups is 1. The van der Waals surface area contributed by atoms with Crippen molar-refractivity contribution in [2.45, 2.75) is 32.9 Å². The van der Waals surface area contributed by atoms with Crippen molar-refractivity contribution in [2.75, 3.05) is 13.2 Å². The fraction of sp³-hybridized carbons (Fsp3) is 0.412. The molecule has 0 saturated heterocycles. The Bertz CT molecular complexity index is 562. The van der Waals surface area contributed by atoms with Gasteiger partial charge in [0.25, 0.3) is 5.91 Å². The molecule has 5 heteroatoms. The number of benzene rings is 1. The monoisotopic (exact) mass is 301 g/mol. The molecule has 1 aromatic carbocycles. The van der Waals surface area contributed by atoms with Gasteiger partial charge in [0.2, 0.25) is 0 Å². The van der Waals surface area contributed by atoms with E-state index in [1.807, 2.05) is 48.9 Å². The predicted octanol–water partition coefficient (Wildman–Crippen LogP) is 2.48. The summed E-state index contributed by atoms with van der Waals surface area (Å²) in [6.07, 6.45) is 6.51. The fourth-order valence-corrected chi connectivity index (χ4v) is 2.05. The van der Waals surface area contributed by atoms with Crippen LogP contribution < -0.4 is 5.32 Å². The van der Waals surface area contributed by atoms with E-state index in [-0.39, 0.29) is 12.0 Å². The second kappa shape index (κ2) is 8.34. The van der Waals surface area contributed by atoms with E-state index in [4.69, 9.17) is 4.74 Å². The lowest BCUT2D eigenvalue weighted by atomic mass is 10.1. The molecule has 0 radical (unpaired) electrons. The maximum Gasteiger partial charge on any atom is 0.251 e. The highest BCUT2D eigenvalue weighted by Gasteiger charge is 2.05. The molecule has 0 saturated carbocycles. The Morgan fingerprint density at radius 1 is 1.32 bits per heavy atom. The zero-order chi connectivity index (χ0) is 15.8.